The normalized spacial score (nSPS) is 15.0. The molecule has 0 atom stereocenters. The van der Waals surface area contributed by atoms with Crippen molar-refractivity contribution in [1.82, 2.24) is 5.32 Å². The van der Waals surface area contributed by atoms with Crippen LogP contribution in [0.1, 0.15) is 28.6 Å². The highest BCUT2D eigenvalue weighted by molar-refractivity contribution is 7.80. The fraction of sp³-hybridized carbons (Fsp3) is 0.120. The van der Waals surface area contributed by atoms with Gasteiger partial charge in [0.15, 0.2) is 5.11 Å². The Morgan fingerprint density at radius 1 is 1.06 bits per heavy atom. The average molecular weight is 461 g/mol. The second-order valence-corrected chi connectivity index (χ2v) is 7.68. The lowest BCUT2D eigenvalue weighted by molar-refractivity contribution is -0.122. The standard InChI is InChI=1S/C25H20N2O5S/c1-3-31-24(30)17-8-6-16(7-9-17)21-13-12-19(32-21)14-20-22(28)26-25(33)27(23(20)29)18-10-4-15(2)5-11-18/h4-14H,3H2,1-2H3,(H,26,28,33). The van der Waals surface area contributed by atoms with Crippen molar-refractivity contribution in [1.29, 1.82) is 0 Å². The second-order valence-electron chi connectivity index (χ2n) is 7.29. The van der Waals surface area contributed by atoms with Gasteiger partial charge < -0.3 is 9.15 Å². The van der Waals surface area contributed by atoms with Gasteiger partial charge in [-0.1, -0.05) is 29.8 Å². The number of thiocarbonyl (C=S) groups is 1. The van der Waals surface area contributed by atoms with Crippen LogP contribution in [0.2, 0.25) is 0 Å². The monoisotopic (exact) mass is 460 g/mol. The Labute approximate surface area is 195 Å². The number of nitrogens with one attached hydrogen (secondary N) is 1. The number of hydrogen-bond donors (Lipinski definition) is 1. The molecule has 1 N–H and O–H groups in total. The number of nitrogens with zero attached hydrogens (tertiary/aromatic N) is 1. The number of anilines is 1. The van der Waals surface area contributed by atoms with Gasteiger partial charge in [-0.05, 0) is 68.5 Å². The second kappa shape index (κ2) is 9.22. The average Bonchev–Trinajstić information content (AvgIpc) is 3.27. The largest absolute Gasteiger partial charge is 0.462 e. The zero-order chi connectivity index (χ0) is 23.5. The fourth-order valence-electron chi connectivity index (χ4n) is 3.30. The molecule has 1 fully saturated rings. The number of furan rings is 1. The predicted octanol–water partition coefficient (Wildman–Crippen LogP) is 4.26. The minimum absolute atomic E-state index is 0.0211. The first-order valence-corrected chi connectivity index (χ1v) is 10.6. The van der Waals surface area contributed by atoms with E-state index < -0.39 is 17.8 Å². The Balaban J connectivity index is 1.59. The molecule has 2 heterocycles. The van der Waals surface area contributed by atoms with Crippen LogP contribution in [0, 0.1) is 6.92 Å². The minimum Gasteiger partial charge on any atom is -0.462 e. The molecular weight excluding hydrogens is 440 g/mol. The van der Waals surface area contributed by atoms with E-state index in [1.54, 1.807) is 55.5 Å². The van der Waals surface area contributed by atoms with Crippen molar-refractivity contribution >= 4 is 46.9 Å². The van der Waals surface area contributed by atoms with Crippen LogP contribution in [0.15, 0.2) is 70.7 Å². The van der Waals surface area contributed by atoms with Gasteiger partial charge >= 0.3 is 5.97 Å². The number of rotatable bonds is 5. The summed E-state index contributed by atoms with van der Waals surface area (Å²) in [6.45, 7) is 3.98. The summed E-state index contributed by atoms with van der Waals surface area (Å²) in [5.74, 6) is -0.678. The number of benzene rings is 2. The van der Waals surface area contributed by atoms with Crippen LogP contribution in [-0.2, 0) is 14.3 Å². The molecule has 1 saturated heterocycles. The zero-order valence-electron chi connectivity index (χ0n) is 18.0. The number of aryl methyl sites for hydroxylation is 1. The molecule has 0 radical (unpaired) electrons. The maximum atomic E-state index is 13.1. The van der Waals surface area contributed by atoms with Gasteiger partial charge in [0.2, 0.25) is 0 Å². The summed E-state index contributed by atoms with van der Waals surface area (Å²) >= 11 is 5.22. The lowest BCUT2D eigenvalue weighted by atomic mass is 10.1. The van der Waals surface area contributed by atoms with E-state index in [1.807, 2.05) is 19.1 Å². The third-order valence-electron chi connectivity index (χ3n) is 4.99. The van der Waals surface area contributed by atoms with E-state index in [2.05, 4.69) is 5.32 Å². The summed E-state index contributed by atoms with van der Waals surface area (Å²) in [6, 6.07) is 17.4. The fourth-order valence-corrected chi connectivity index (χ4v) is 3.58. The van der Waals surface area contributed by atoms with Gasteiger partial charge in [-0.2, -0.15) is 0 Å². The lowest BCUT2D eigenvalue weighted by Gasteiger charge is -2.28. The molecular formula is C25H20N2O5S. The van der Waals surface area contributed by atoms with Crippen LogP contribution in [0.4, 0.5) is 5.69 Å². The maximum Gasteiger partial charge on any atom is 0.338 e. The Morgan fingerprint density at radius 3 is 2.42 bits per heavy atom. The highest BCUT2D eigenvalue weighted by atomic mass is 32.1. The molecule has 166 valence electrons. The third-order valence-corrected chi connectivity index (χ3v) is 5.27. The van der Waals surface area contributed by atoms with Crippen molar-refractivity contribution in [3.05, 3.63) is 83.1 Å². The smallest absolute Gasteiger partial charge is 0.338 e. The molecule has 4 rings (SSSR count). The molecule has 8 heteroatoms. The molecule has 2 amide bonds. The first-order valence-electron chi connectivity index (χ1n) is 10.2. The highest BCUT2D eigenvalue weighted by Gasteiger charge is 2.34. The van der Waals surface area contributed by atoms with Crippen molar-refractivity contribution in [2.75, 3.05) is 11.5 Å². The van der Waals surface area contributed by atoms with E-state index in [0.29, 0.717) is 29.4 Å². The summed E-state index contributed by atoms with van der Waals surface area (Å²) < 4.78 is 10.8. The van der Waals surface area contributed by atoms with Gasteiger partial charge in [0.05, 0.1) is 17.9 Å². The van der Waals surface area contributed by atoms with Crippen LogP contribution >= 0.6 is 12.2 Å². The first-order chi connectivity index (χ1) is 15.9. The van der Waals surface area contributed by atoms with E-state index in [9.17, 15) is 14.4 Å². The molecule has 2 aromatic carbocycles. The van der Waals surface area contributed by atoms with E-state index in [0.717, 1.165) is 11.1 Å². The quantitative estimate of drug-likeness (QED) is 0.265. The molecule has 0 saturated carbocycles. The molecule has 1 aliphatic rings. The topological polar surface area (TPSA) is 88.9 Å². The van der Waals surface area contributed by atoms with E-state index in [-0.39, 0.29) is 10.7 Å². The van der Waals surface area contributed by atoms with Crippen molar-refractivity contribution in [2.45, 2.75) is 13.8 Å². The number of amides is 2. The Morgan fingerprint density at radius 2 is 1.76 bits per heavy atom. The predicted molar refractivity (Wildman–Crippen MR) is 127 cm³/mol. The van der Waals surface area contributed by atoms with Gasteiger partial charge in [-0.3, -0.25) is 19.8 Å². The number of ether oxygens (including phenoxy) is 1. The van der Waals surface area contributed by atoms with Gasteiger partial charge in [0, 0.05) is 5.56 Å². The number of carbonyl (C=O) groups is 3. The summed E-state index contributed by atoms with van der Waals surface area (Å²) in [6.07, 6.45) is 1.39. The lowest BCUT2D eigenvalue weighted by Crippen LogP contribution is -2.54. The Bertz CT molecular complexity index is 1270. The third kappa shape index (κ3) is 4.61. The number of carbonyl (C=O) groups excluding carboxylic acids is 3. The van der Waals surface area contributed by atoms with Gasteiger partial charge in [0.25, 0.3) is 11.8 Å². The molecule has 33 heavy (non-hydrogen) atoms. The van der Waals surface area contributed by atoms with Gasteiger partial charge in [-0.25, -0.2) is 4.79 Å². The minimum atomic E-state index is -0.592. The van der Waals surface area contributed by atoms with Crippen molar-refractivity contribution in [2.24, 2.45) is 0 Å². The van der Waals surface area contributed by atoms with E-state index in [4.69, 9.17) is 21.4 Å². The Hall–Kier alpha value is -4.04. The van der Waals surface area contributed by atoms with Gasteiger partial charge in [-0.15, -0.1) is 0 Å². The summed E-state index contributed by atoms with van der Waals surface area (Å²) in [5.41, 5.74) is 2.67. The summed E-state index contributed by atoms with van der Waals surface area (Å²) in [5, 5.41) is 2.57. The molecule has 0 unspecified atom stereocenters. The first kappa shape index (κ1) is 22.2. The van der Waals surface area contributed by atoms with Crippen molar-refractivity contribution in [3.63, 3.8) is 0 Å². The van der Waals surface area contributed by atoms with E-state index >= 15 is 0 Å². The number of hydrogen-bond acceptors (Lipinski definition) is 6. The molecule has 0 spiro atoms. The van der Waals surface area contributed by atoms with Crippen molar-refractivity contribution in [3.8, 4) is 11.3 Å². The van der Waals surface area contributed by atoms with Crippen LogP contribution in [0.3, 0.4) is 0 Å². The SMILES string of the molecule is CCOC(=O)c1ccc(-c2ccc(C=C3C(=O)NC(=S)N(c4ccc(C)cc4)C3=O)o2)cc1. The van der Waals surface area contributed by atoms with Crippen LogP contribution in [0.25, 0.3) is 17.4 Å². The molecule has 1 aromatic heterocycles. The zero-order valence-corrected chi connectivity index (χ0v) is 18.8. The van der Waals surface area contributed by atoms with Crippen LogP contribution in [0.5, 0.6) is 0 Å². The summed E-state index contributed by atoms with van der Waals surface area (Å²) in [4.78, 5) is 38.7. The summed E-state index contributed by atoms with van der Waals surface area (Å²) in [7, 11) is 0. The molecule has 0 aliphatic carbocycles. The number of esters is 1. The van der Waals surface area contributed by atoms with Crippen LogP contribution in [-0.4, -0.2) is 29.5 Å². The Kier molecular flexibility index (Phi) is 6.19. The van der Waals surface area contributed by atoms with Crippen molar-refractivity contribution < 1.29 is 23.5 Å². The molecule has 0 bridgehead atoms. The molecule has 3 aromatic rings. The molecule has 7 nitrogen and oxygen atoms in total. The van der Waals surface area contributed by atoms with Crippen LogP contribution < -0.4 is 10.2 Å². The maximum absolute atomic E-state index is 13.1. The van der Waals surface area contributed by atoms with E-state index in [1.165, 1.54) is 11.0 Å². The highest BCUT2D eigenvalue weighted by Crippen LogP contribution is 2.26. The molecule has 1 aliphatic heterocycles. The van der Waals surface area contributed by atoms with Gasteiger partial charge in [0.1, 0.15) is 17.1 Å².